The quantitative estimate of drug-likeness (QED) is 0.323. The molecule has 0 bridgehead atoms. The van der Waals surface area contributed by atoms with Crippen molar-refractivity contribution in [2.24, 2.45) is 5.92 Å². The van der Waals surface area contributed by atoms with Crippen molar-refractivity contribution < 1.29 is 17.9 Å². The second-order valence-corrected chi connectivity index (χ2v) is 9.42. The van der Waals surface area contributed by atoms with Crippen LogP contribution >= 0.6 is 0 Å². The molecule has 0 spiro atoms. The monoisotopic (exact) mass is 466 g/mol. The fraction of sp³-hybridized carbons (Fsp3) is 0.400. The van der Waals surface area contributed by atoms with Crippen LogP contribution in [0.2, 0.25) is 0 Å². The number of hydrogen-bond acceptors (Lipinski definition) is 1. The van der Waals surface area contributed by atoms with E-state index in [9.17, 15) is 13.2 Å². The molecule has 0 unspecified atom stereocenters. The Morgan fingerprint density at radius 2 is 1.56 bits per heavy atom. The van der Waals surface area contributed by atoms with Crippen LogP contribution < -0.4 is 4.74 Å². The van der Waals surface area contributed by atoms with Gasteiger partial charge in [0.05, 0.1) is 6.61 Å². The van der Waals surface area contributed by atoms with Crippen molar-refractivity contribution in [2.45, 2.75) is 64.7 Å². The van der Waals surface area contributed by atoms with Gasteiger partial charge in [0.25, 0.3) is 0 Å². The minimum atomic E-state index is -0.937. The number of hydrogen-bond donors (Lipinski definition) is 0. The van der Waals surface area contributed by atoms with Crippen LogP contribution in [0.5, 0.6) is 5.75 Å². The van der Waals surface area contributed by atoms with E-state index in [0.29, 0.717) is 18.1 Å². The molecule has 1 fully saturated rings. The lowest BCUT2D eigenvalue weighted by molar-refractivity contribution is 0.192. The van der Waals surface area contributed by atoms with Gasteiger partial charge in [-0.2, -0.15) is 4.39 Å². The first-order chi connectivity index (χ1) is 16.5. The maximum atomic E-state index is 14.8. The fourth-order valence-electron chi connectivity index (χ4n) is 4.95. The zero-order valence-electron chi connectivity index (χ0n) is 20.0. The van der Waals surface area contributed by atoms with Crippen LogP contribution in [0, 0.1) is 23.4 Å². The lowest BCUT2D eigenvalue weighted by Crippen LogP contribution is -2.20. The Bertz CT molecular complexity index is 1100. The summed E-state index contributed by atoms with van der Waals surface area (Å²) in [4.78, 5) is 0. The molecule has 0 heterocycles. The summed E-state index contributed by atoms with van der Waals surface area (Å²) in [6, 6.07) is 16.3. The molecule has 1 aliphatic rings. The third-order valence-electron chi connectivity index (χ3n) is 7.11. The number of halogens is 3. The number of benzene rings is 3. The van der Waals surface area contributed by atoms with Crippen molar-refractivity contribution >= 4 is 0 Å². The minimum absolute atomic E-state index is 0.0397. The van der Waals surface area contributed by atoms with E-state index in [4.69, 9.17) is 4.74 Å². The van der Waals surface area contributed by atoms with Gasteiger partial charge in [-0.15, -0.1) is 0 Å². The molecule has 0 atom stereocenters. The average molecular weight is 467 g/mol. The maximum Gasteiger partial charge on any atom is 0.201 e. The molecule has 0 aliphatic heterocycles. The Labute approximate surface area is 201 Å². The van der Waals surface area contributed by atoms with Crippen molar-refractivity contribution in [3.63, 3.8) is 0 Å². The molecule has 1 saturated carbocycles. The van der Waals surface area contributed by atoms with E-state index in [-0.39, 0.29) is 23.0 Å². The molecule has 0 saturated heterocycles. The summed E-state index contributed by atoms with van der Waals surface area (Å²) in [6.45, 7) is 4.46. The third kappa shape index (κ3) is 5.48. The van der Waals surface area contributed by atoms with Crippen LogP contribution in [0.3, 0.4) is 0 Å². The van der Waals surface area contributed by atoms with Crippen molar-refractivity contribution in [3.8, 4) is 16.9 Å². The maximum absolute atomic E-state index is 14.8. The number of ether oxygens (including phenoxy) is 1. The largest absolute Gasteiger partial charge is 0.490 e. The van der Waals surface area contributed by atoms with Gasteiger partial charge in [-0.1, -0.05) is 56.7 Å². The van der Waals surface area contributed by atoms with Gasteiger partial charge in [0.1, 0.15) is 5.82 Å². The zero-order chi connectivity index (χ0) is 24.1. The molecule has 4 heteroatoms. The van der Waals surface area contributed by atoms with Gasteiger partial charge in [0.2, 0.25) is 5.82 Å². The lowest BCUT2D eigenvalue weighted by Gasteiger charge is -2.29. The highest BCUT2D eigenvalue weighted by Gasteiger charge is 2.24. The fourth-order valence-corrected chi connectivity index (χ4v) is 4.95. The van der Waals surface area contributed by atoms with Gasteiger partial charge in [-0.05, 0) is 90.8 Å². The normalized spacial score (nSPS) is 18.1. The van der Waals surface area contributed by atoms with Crippen LogP contribution in [-0.2, 0) is 12.8 Å². The van der Waals surface area contributed by atoms with Gasteiger partial charge < -0.3 is 4.74 Å². The van der Waals surface area contributed by atoms with Crippen molar-refractivity contribution in [3.05, 3.63) is 88.7 Å². The molecule has 34 heavy (non-hydrogen) atoms. The highest BCUT2D eigenvalue weighted by Crippen LogP contribution is 2.37. The molecule has 1 nitrogen and oxygen atoms in total. The molecule has 3 aromatic rings. The van der Waals surface area contributed by atoms with Crippen LogP contribution in [0.4, 0.5) is 13.2 Å². The number of aryl methyl sites for hydroxylation is 2. The topological polar surface area (TPSA) is 9.23 Å². The molecule has 1 aliphatic carbocycles. The van der Waals surface area contributed by atoms with Crippen molar-refractivity contribution in [2.75, 3.05) is 6.61 Å². The summed E-state index contributed by atoms with van der Waals surface area (Å²) in [5.41, 5.74) is 3.89. The SMILES string of the molecule is CCCc1ccc(C2CCC(COc3ccc(-c4ccc(CC)cc4)c(F)c3F)CC2)cc1F. The summed E-state index contributed by atoms with van der Waals surface area (Å²) < 4.78 is 49.5. The van der Waals surface area contributed by atoms with Crippen molar-refractivity contribution in [1.29, 1.82) is 0 Å². The summed E-state index contributed by atoms with van der Waals surface area (Å²) in [5, 5.41) is 0. The van der Waals surface area contributed by atoms with E-state index < -0.39 is 11.6 Å². The third-order valence-corrected chi connectivity index (χ3v) is 7.11. The van der Waals surface area contributed by atoms with Gasteiger partial charge >= 0.3 is 0 Å². The first-order valence-corrected chi connectivity index (χ1v) is 12.5. The number of rotatable bonds is 8. The standard InChI is InChI=1S/C30H33F3O/c1-3-5-24-14-15-25(18-27(24)31)22-10-8-21(9-11-22)19-34-28-17-16-26(29(32)30(28)33)23-12-6-20(4-2)7-13-23/h6-7,12-18,21-22H,3-5,8-11,19H2,1-2H3. The molecular weight excluding hydrogens is 433 g/mol. The van der Waals surface area contributed by atoms with Gasteiger partial charge in [-0.25, -0.2) is 8.78 Å². The summed E-state index contributed by atoms with van der Waals surface area (Å²) >= 11 is 0. The van der Waals surface area contributed by atoms with Gasteiger partial charge in [0, 0.05) is 5.56 Å². The predicted molar refractivity (Wildman–Crippen MR) is 132 cm³/mol. The van der Waals surface area contributed by atoms with Crippen LogP contribution in [0.1, 0.15) is 68.6 Å². The van der Waals surface area contributed by atoms with E-state index >= 15 is 0 Å². The Morgan fingerprint density at radius 1 is 0.824 bits per heavy atom. The summed E-state index contributed by atoms with van der Waals surface area (Å²) in [6.07, 6.45) is 6.34. The highest BCUT2D eigenvalue weighted by atomic mass is 19.2. The molecule has 0 radical (unpaired) electrons. The average Bonchev–Trinajstić information content (AvgIpc) is 2.87. The van der Waals surface area contributed by atoms with E-state index in [0.717, 1.165) is 61.6 Å². The predicted octanol–water partition coefficient (Wildman–Crippen LogP) is 8.64. The Morgan fingerprint density at radius 3 is 2.21 bits per heavy atom. The Hall–Kier alpha value is -2.75. The van der Waals surface area contributed by atoms with E-state index in [1.807, 2.05) is 30.3 Å². The highest BCUT2D eigenvalue weighted by molar-refractivity contribution is 5.65. The zero-order valence-corrected chi connectivity index (χ0v) is 20.0. The first-order valence-electron chi connectivity index (χ1n) is 12.5. The van der Waals surface area contributed by atoms with E-state index in [1.54, 1.807) is 12.1 Å². The first kappa shape index (κ1) is 24.4. The van der Waals surface area contributed by atoms with Crippen LogP contribution in [-0.4, -0.2) is 6.61 Å². The van der Waals surface area contributed by atoms with Crippen molar-refractivity contribution in [1.82, 2.24) is 0 Å². The Balaban J connectivity index is 1.34. The molecular formula is C30H33F3O. The molecule has 0 aromatic heterocycles. The molecule has 0 amide bonds. The van der Waals surface area contributed by atoms with Gasteiger partial charge in [-0.3, -0.25) is 0 Å². The second-order valence-electron chi connectivity index (χ2n) is 9.42. The van der Waals surface area contributed by atoms with Gasteiger partial charge in [0.15, 0.2) is 11.6 Å². The Kier molecular flexibility index (Phi) is 7.97. The molecule has 4 rings (SSSR count). The van der Waals surface area contributed by atoms with E-state index in [1.165, 1.54) is 6.07 Å². The van der Waals surface area contributed by atoms with E-state index in [2.05, 4.69) is 19.9 Å². The molecule has 3 aromatic carbocycles. The smallest absolute Gasteiger partial charge is 0.201 e. The molecule has 0 N–H and O–H groups in total. The summed E-state index contributed by atoms with van der Waals surface area (Å²) in [5.74, 6) is -1.33. The summed E-state index contributed by atoms with van der Waals surface area (Å²) in [7, 11) is 0. The molecule has 180 valence electrons. The minimum Gasteiger partial charge on any atom is -0.490 e. The van der Waals surface area contributed by atoms with Crippen LogP contribution in [0.25, 0.3) is 11.1 Å². The lowest BCUT2D eigenvalue weighted by atomic mass is 9.79. The second kappa shape index (κ2) is 11.1. The van der Waals surface area contributed by atoms with Crippen LogP contribution in [0.15, 0.2) is 54.6 Å².